The Balaban J connectivity index is 1.91. The highest BCUT2D eigenvalue weighted by Gasteiger charge is 2.57. The van der Waals surface area contributed by atoms with Crippen LogP contribution >= 0.6 is 0 Å². The van der Waals surface area contributed by atoms with E-state index in [-0.39, 0.29) is 12.6 Å². The van der Waals surface area contributed by atoms with Crippen molar-refractivity contribution >= 4 is 14.0 Å². The fourth-order valence-corrected chi connectivity index (χ4v) is 5.42. The minimum atomic E-state index is -2.02. The predicted molar refractivity (Wildman–Crippen MR) is 92.5 cm³/mol. The number of hydrogen-bond acceptors (Lipinski definition) is 3. The number of rotatable bonds is 4. The first-order valence-corrected chi connectivity index (χ1v) is 11.4. The van der Waals surface area contributed by atoms with Crippen LogP contribution in [0, 0.1) is 0 Å². The highest BCUT2D eigenvalue weighted by molar-refractivity contribution is 6.81. The molecule has 0 bridgehead atoms. The summed E-state index contributed by atoms with van der Waals surface area (Å²) in [5.41, 5.74) is 3.06. The van der Waals surface area contributed by atoms with Crippen LogP contribution in [0.5, 0.6) is 0 Å². The topological polar surface area (TPSA) is 35.5 Å². The summed E-state index contributed by atoms with van der Waals surface area (Å²) in [7, 11) is -2.02. The molecule has 120 valence electrons. The third kappa shape index (κ3) is 2.73. The summed E-state index contributed by atoms with van der Waals surface area (Å²) in [5, 5.41) is -0.918. The highest BCUT2D eigenvalue weighted by atomic mass is 28.3. The molecule has 0 aliphatic carbocycles. The van der Waals surface area contributed by atoms with E-state index in [1.165, 1.54) is 0 Å². The number of esters is 1. The van der Waals surface area contributed by atoms with Crippen molar-refractivity contribution in [1.82, 2.24) is 0 Å². The maximum absolute atomic E-state index is 13.0. The van der Waals surface area contributed by atoms with Crippen LogP contribution in [0.4, 0.5) is 0 Å². The van der Waals surface area contributed by atoms with Crippen molar-refractivity contribution in [3.8, 4) is 0 Å². The van der Waals surface area contributed by atoms with Crippen LogP contribution in [-0.2, 0) is 32.7 Å². The summed E-state index contributed by atoms with van der Waals surface area (Å²) in [6, 6.07) is 17.7. The Labute approximate surface area is 138 Å². The molecule has 0 amide bonds. The van der Waals surface area contributed by atoms with E-state index in [1.54, 1.807) is 0 Å². The second-order valence-corrected chi connectivity index (χ2v) is 12.1. The molecule has 4 heteroatoms. The van der Waals surface area contributed by atoms with Crippen molar-refractivity contribution < 1.29 is 14.3 Å². The molecule has 3 nitrogen and oxygen atoms in total. The monoisotopic (exact) mass is 326 g/mol. The lowest BCUT2D eigenvalue weighted by Gasteiger charge is -2.37. The van der Waals surface area contributed by atoms with E-state index in [4.69, 9.17) is 9.47 Å². The third-order valence-electron chi connectivity index (χ3n) is 4.40. The second kappa shape index (κ2) is 5.94. The lowest BCUT2D eigenvalue weighted by atomic mass is 10.1. The van der Waals surface area contributed by atoms with E-state index >= 15 is 0 Å². The molecule has 0 saturated carbocycles. The zero-order valence-electron chi connectivity index (χ0n) is 13.8. The van der Waals surface area contributed by atoms with Crippen LogP contribution in [0.15, 0.2) is 54.6 Å². The van der Waals surface area contributed by atoms with E-state index in [1.807, 2.05) is 54.6 Å². The third-order valence-corrected chi connectivity index (χ3v) is 7.13. The standard InChI is InChI=1S/C19H22O3Si/c1-23(2,3)19(17-12-8-7-11-16(17)14-22-19)18(20)21-13-15-9-5-4-6-10-15/h4-12H,13-14H2,1-3H3/t19-/m0/s1. The van der Waals surface area contributed by atoms with E-state index < -0.39 is 13.3 Å². The summed E-state index contributed by atoms with van der Waals surface area (Å²) in [6.07, 6.45) is 0. The molecule has 0 spiro atoms. The van der Waals surface area contributed by atoms with Gasteiger partial charge in [-0.2, -0.15) is 0 Å². The maximum atomic E-state index is 13.0. The van der Waals surface area contributed by atoms with Gasteiger partial charge in [0, 0.05) is 0 Å². The summed E-state index contributed by atoms with van der Waals surface area (Å²) >= 11 is 0. The highest BCUT2D eigenvalue weighted by Crippen LogP contribution is 2.44. The van der Waals surface area contributed by atoms with Gasteiger partial charge in [-0.05, 0) is 16.7 Å². The van der Waals surface area contributed by atoms with Crippen LogP contribution in [0.2, 0.25) is 19.6 Å². The average Bonchev–Trinajstić information content (AvgIpc) is 2.94. The Morgan fingerprint density at radius 1 is 1.09 bits per heavy atom. The first-order valence-electron chi connectivity index (χ1n) is 7.88. The lowest BCUT2D eigenvalue weighted by Crippen LogP contribution is -2.55. The van der Waals surface area contributed by atoms with Gasteiger partial charge in [0.1, 0.15) is 14.7 Å². The molecule has 0 radical (unpaired) electrons. The van der Waals surface area contributed by atoms with Gasteiger partial charge in [-0.25, -0.2) is 4.79 Å². The second-order valence-electron chi connectivity index (χ2n) is 6.94. The number of carbonyl (C=O) groups is 1. The van der Waals surface area contributed by atoms with Gasteiger partial charge in [0.15, 0.2) is 5.22 Å². The molecule has 0 aromatic heterocycles. The summed E-state index contributed by atoms with van der Waals surface area (Å²) in [4.78, 5) is 13.0. The zero-order chi connectivity index (χ0) is 16.5. The molecule has 1 atom stereocenters. The van der Waals surface area contributed by atoms with Gasteiger partial charge < -0.3 is 9.47 Å². The minimum absolute atomic E-state index is 0.259. The fourth-order valence-electron chi connectivity index (χ4n) is 3.17. The van der Waals surface area contributed by atoms with Crippen LogP contribution in [0.1, 0.15) is 16.7 Å². The number of hydrogen-bond donors (Lipinski definition) is 0. The molecule has 1 aliphatic rings. The molecule has 0 saturated heterocycles. The van der Waals surface area contributed by atoms with Crippen LogP contribution in [-0.4, -0.2) is 14.0 Å². The Bertz CT molecular complexity index is 706. The quantitative estimate of drug-likeness (QED) is 0.628. The van der Waals surface area contributed by atoms with Crippen molar-refractivity contribution in [3.05, 3.63) is 71.3 Å². The molecule has 2 aromatic rings. The summed E-state index contributed by atoms with van der Waals surface area (Å²) in [5.74, 6) is -0.259. The van der Waals surface area contributed by atoms with Crippen molar-refractivity contribution in [2.75, 3.05) is 0 Å². The molecule has 23 heavy (non-hydrogen) atoms. The molecular weight excluding hydrogens is 304 g/mol. The smallest absolute Gasteiger partial charge is 0.339 e. The van der Waals surface area contributed by atoms with E-state index in [9.17, 15) is 4.79 Å². The number of ether oxygens (including phenoxy) is 2. The Morgan fingerprint density at radius 2 is 1.74 bits per heavy atom. The maximum Gasteiger partial charge on any atom is 0.339 e. The van der Waals surface area contributed by atoms with Crippen LogP contribution in [0.25, 0.3) is 0 Å². The predicted octanol–water partition coefficient (Wildman–Crippen LogP) is 4.03. The van der Waals surface area contributed by atoms with Crippen molar-refractivity contribution in [1.29, 1.82) is 0 Å². The molecule has 0 fully saturated rings. The van der Waals surface area contributed by atoms with Crippen molar-refractivity contribution in [2.24, 2.45) is 0 Å². The minimum Gasteiger partial charge on any atom is -0.459 e. The molecule has 3 rings (SSSR count). The number of carbonyl (C=O) groups excluding carboxylic acids is 1. The van der Waals surface area contributed by atoms with Crippen molar-refractivity contribution in [3.63, 3.8) is 0 Å². The van der Waals surface area contributed by atoms with Gasteiger partial charge in [0.2, 0.25) is 0 Å². The Kier molecular flexibility index (Phi) is 4.13. The molecular formula is C19H22O3Si. The molecule has 0 N–H and O–H groups in total. The Hall–Kier alpha value is -1.91. The number of benzene rings is 2. The van der Waals surface area contributed by atoms with E-state index in [0.717, 1.165) is 16.7 Å². The zero-order valence-corrected chi connectivity index (χ0v) is 14.8. The summed E-state index contributed by atoms with van der Waals surface area (Å²) in [6.45, 7) is 7.20. The van der Waals surface area contributed by atoms with Gasteiger partial charge in [-0.1, -0.05) is 74.2 Å². The molecule has 1 aliphatic heterocycles. The average molecular weight is 326 g/mol. The van der Waals surface area contributed by atoms with E-state index in [0.29, 0.717) is 6.61 Å². The van der Waals surface area contributed by atoms with Gasteiger partial charge >= 0.3 is 5.97 Å². The Morgan fingerprint density at radius 3 is 2.43 bits per heavy atom. The van der Waals surface area contributed by atoms with Crippen molar-refractivity contribution in [2.45, 2.75) is 38.1 Å². The van der Waals surface area contributed by atoms with Gasteiger partial charge in [0.05, 0.1) is 6.61 Å². The largest absolute Gasteiger partial charge is 0.459 e. The van der Waals surface area contributed by atoms with Gasteiger partial charge in [0.25, 0.3) is 0 Å². The van der Waals surface area contributed by atoms with E-state index in [2.05, 4.69) is 19.6 Å². The lowest BCUT2D eigenvalue weighted by molar-refractivity contribution is -0.164. The normalized spacial score (nSPS) is 20.1. The molecule has 0 unspecified atom stereocenters. The SMILES string of the molecule is C[Si](C)(C)[C@@]1(C(=O)OCc2ccccc2)OCc2ccccc21. The summed E-state index contributed by atoms with van der Waals surface area (Å²) < 4.78 is 11.8. The van der Waals surface area contributed by atoms with Gasteiger partial charge in [-0.3, -0.25) is 0 Å². The fraction of sp³-hybridized carbons (Fsp3) is 0.316. The number of fused-ring (bicyclic) bond motifs is 1. The van der Waals surface area contributed by atoms with Gasteiger partial charge in [-0.15, -0.1) is 0 Å². The first-order chi connectivity index (χ1) is 10.9. The van der Waals surface area contributed by atoms with Crippen LogP contribution in [0.3, 0.4) is 0 Å². The van der Waals surface area contributed by atoms with Crippen LogP contribution < -0.4 is 0 Å². The molecule has 1 heterocycles. The first kappa shape index (κ1) is 16.0. The molecule has 2 aromatic carbocycles.